The summed E-state index contributed by atoms with van der Waals surface area (Å²) in [5, 5.41) is 19.4. The zero-order valence-corrected chi connectivity index (χ0v) is 23.5. The van der Waals surface area contributed by atoms with Crippen LogP contribution in [0.1, 0.15) is 51.2 Å². The van der Waals surface area contributed by atoms with E-state index in [1.165, 1.54) is 0 Å². The topological polar surface area (TPSA) is 105 Å². The van der Waals surface area contributed by atoms with Gasteiger partial charge in [-0.15, -0.1) is 0 Å². The Labute approximate surface area is 229 Å². The molecule has 39 heavy (non-hydrogen) atoms. The van der Waals surface area contributed by atoms with Crippen LogP contribution in [0.3, 0.4) is 0 Å². The Morgan fingerprint density at radius 2 is 1.95 bits per heavy atom. The number of pyridine rings is 1. The van der Waals surface area contributed by atoms with E-state index in [1.807, 2.05) is 52.5 Å². The summed E-state index contributed by atoms with van der Waals surface area (Å²) in [5.41, 5.74) is 5.37. The molecule has 1 aromatic carbocycles. The molecule has 3 aromatic rings. The van der Waals surface area contributed by atoms with Gasteiger partial charge in [0.1, 0.15) is 5.60 Å². The lowest BCUT2D eigenvalue weighted by Crippen LogP contribution is -2.45. The average Bonchev–Trinajstić information content (AvgIpc) is 3.34. The number of rotatable bonds is 5. The van der Waals surface area contributed by atoms with E-state index in [-0.39, 0.29) is 6.09 Å². The molecule has 0 spiro atoms. The molecule has 0 radical (unpaired) electrons. The van der Waals surface area contributed by atoms with Crippen molar-refractivity contribution in [2.24, 2.45) is 7.05 Å². The lowest BCUT2D eigenvalue weighted by molar-refractivity contribution is 0.0260. The Bertz CT molecular complexity index is 1430. The lowest BCUT2D eigenvalue weighted by Gasteiger charge is -2.35. The number of carbonyl (C=O) groups excluding carboxylic acids is 1. The molecule has 9 nitrogen and oxygen atoms in total. The van der Waals surface area contributed by atoms with Gasteiger partial charge < -0.3 is 19.7 Å². The maximum absolute atomic E-state index is 13.0. The molecule has 2 aliphatic heterocycles. The summed E-state index contributed by atoms with van der Waals surface area (Å²) in [7, 11) is 1.89. The minimum atomic E-state index is -0.583. The lowest BCUT2D eigenvalue weighted by atomic mass is 9.91. The number of aryl methyl sites for hydroxylation is 2. The highest BCUT2D eigenvalue weighted by Crippen LogP contribution is 2.30. The molecule has 1 fully saturated rings. The number of fused-ring (bicyclic) bond motifs is 1. The van der Waals surface area contributed by atoms with Crippen molar-refractivity contribution in [2.45, 2.75) is 58.6 Å². The van der Waals surface area contributed by atoms with Crippen LogP contribution < -0.4 is 5.32 Å². The highest BCUT2D eigenvalue weighted by atomic mass is 16.6. The molecule has 2 aliphatic rings. The predicted molar refractivity (Wildman–Crippen MR) is 152 cm³/mol. The Morgan fingerprint density at radius 3 is 2.64 bits per heavy atom. The molecule has 4 heterocycles. The Balaban J connectivity index is 1.52. The zero-order valence-electron chi connectivity index (χ0n) is 23.5. The van der Waals surface area contributed by atoms with Gasteiger partial charge >= 0.3 is 6.09 Å². The minimum absolute atomic E-state index is 0.295. The van der Waals surface area contributed by atoms with Crippen molar-refractivity contribution in [1.82, 2.24) is 25.0 Å². The predicted octanol–water partition coefficient (Wildman–Crippen LogP) is 4.98. The van der Waals surface area contributed by atoms with E-state index >= 15 is 0 Å². The number of aromatic nitrogens is 3. The smallest absolute Gasteiger partial charge is 0.410 e. The highest BCUT2D eigenvalue weighted by molar-refractivity contribution is 6.18. The van der Waals surface area contributed by atoms with Crippen molar-refractivity contribution in [3.63, 3.8) is 0 Å². The fourth-order valence-electron chi connectivity index (χ4n) is 5.20. The van der Waals surface area contributed by atoms with Crippen LogP contribution in [0.2, 0.25) is 0 Å². The second-order valence-corrected chi connectivity index (χ2v) is 11.5. The summed E-state index contributed by atoms with van der Waals surface area (Å²) in [6.45, 7) is 10.0. The summed E-state index contributed by atoms with van der Waals surface area (Å²) in [6.07, 6.45) is 7.75. The van der Waals surface area contributed by atoms with Crippen molar-refractivity contribution in [1.29, 1.82) is 5.41 Å². The van der Waals surface area contributed by atoms with Gasteiger partial charge in [-0.2, -0.15) is 5.10 Å². The first-order chi connectivity index (χ1) is 18.6. The molecule has 206 valence electrons. The summed E-state index contributed by atoms with van der Waals surface area (Å²) < 4.78 is 13.0. The second kappa shape index (κ2) is 10.8. The van der Waals surface area contributed by atoms with E-state index in [0.717, 1.165) is 70.5 Å². The molecule has 0 bridgehead atoms. The highest BCUT2D eigenvalue weighted by Gasteiger charge is 2.30. The maximum atomic E-state index is 13.0. The number of hydrogen-bond donors (Lipinski definition) is 2. The van der Waals surface area contributed by atoms with Gasteiger partial charge in [0.05, 0.1) is 24.1 Å². The average molecular weight is 531 g/mol. The number of nitrogens with zero attached hydrogens (tertiary/aromatic N) is 4. The van der Waals surface area contributed by atoms with Gasteiger partial charge in [0.15, 0.2) is 0 Å². The molecule has 0 atom stereocenters. The molecule has 2 aromatic heterocycles. The van der Waals surface area contributed by atoms with E-state index in [1.54, 1.807) is 9.58 Å². The van der Waals surface area contributed by atoms with Crippen LogP contribution >= 0.6 is 0 Å². The van der Waals surface area contributed by atoms with Crippen molar-refractivity contribution in [3.8, 4) is 11.3 Å². The SMILES string of the molecule is Cc1ccc(C(=N)C2=C(NC3CCOCC3)CCN(C(=O)OC(C)(C)C)C2)c2cnc(-c3cnn(C)c3)cc12. The van der Waals surface area contributed by atoms with Crippen LogP contribution in [0.15, 0.2) is 48.1 Å². The van der Waals surface area contributed by atoms with Crippen LogP contribution in [-0.2, 0) is 16.5 Å². The molecular formula is C30H38N6O3. The van der Waals surface area contributed by atoms with Gasteiger partial charge in [-0.25, -0.2) is 4.79 Å². The molecule has 5 rings (SSSR count). The van der Waals surface area contributed by atoms with E-state index in [2.05, 4.69) is 29.5 Å². The summed E-state index contributed by atoms with van der Waals surface area (Å²) in [4.78, 5) is 19.4. The molecule has 0 saturated carbocycles. The molecule has 9 heteroatoms. The van der Waals surface area contributed by atoms with Crippen LogP contribution in [0.4, 0.5) is 4.79 Å². The number of ether oxygens (including phenoxy) is 2. The van der Waals surface area contributed by atoms with Gasteiger partial charge in [-0.1, -0.05) is 12.1 Å². The van der Waals surface area contributed by atoms with E-state index < -0.39 is 5.60 Å². The summed E-state index contributed by atoms with van der Waals surface area (Å²) >= 11 is 0. The zero-order chi connectivity index (χ0) is 27.7. The van der Waals surface area contributed by atoms with E-state index in [0.29, 0.717) is 31.3 Å². The van der Waals surface area contributed by atoms with Crippen LogP contribution in [0, 0.1) is 12.3 Å². The standard InChI is InChI=1S/C30H38N6O3/c1-19-6-7-22(24-16-32-27(14-23(19)24)20-15-33-35(5)17-20)28(31)25-18-36(29(37)39-30(2,3)4)11-8-26(25)34-21-9-12-38-13-10-21/h6-7,14-17,21,31,34H,8-13,18H2,1-5H3. The van der Waals surface area contributed by atoms with Gasteiger partial charge in [0, 0.05) is 79.4 Å². The quantitative estimate of drug-likeness (QED) is 0.451. The monoisotopic (exact) mass is 530 g/mol. The molecule has 0 aliphatic carbocycles. The summed E-state index contributed by atoms with van der Waals surface area (Å²) in [6, 6.07) is 6.42. The van der Waals surface area contributed by atoms with E-state index in [9.17, 15) is 10.2 Å². The van der Waals surface area contributed by atoms with Crippen molar-refractivity contribution >= 4 is 22.6 Å². The molecule has 0 unspecified atom stereocenters. The third-order valence-corrected chi connectivity index (χ3v) is 7.29. The Morgan fingerprint density at radius 1 is 1.18 bits per heavy atom. The van der Waals surface area contributed by atoms with Gasteiger partial charge in [0.25, 0.3) is 0 Å². The first-order valence-corrected chi connectivity index (χ1v) is 13.6. The van der Waals surface area contributed by atoms with Crippen molar-refractivity contribution in [3.05, 3.63) is 59.2 Å². The first-order valence-electron chi connectivity index (χ1n) is 13.6. The number of hydrogen-bond acceptors (Lipinski definition) is 7. The van der Waals surface area contributed by atoms with E-state index in [4.69, 9.17) is 14.5 Å². The molecule has 2 N–H and O–H groups in total. The molecule has 1 saturated heterocycles. The normalized spacial score (nSPS) is 17.0. The third-order valence-electron chi connectivity index (χ3n) is 7.29. The third kappa shape index (κ3) is 5.98. The Kier molecular flexibility index (Phi) is 7.44. The molecule has 1 amide bonds. The van der Waals surface area contributed by atoms with Crippen LogP contribution in [0.5, 0.6) is 0 Å². The number of nitrogens with one attached hydrogen (secondary N) is 2. The maximum Gasteiger partial charge on any atom is 0.410 e. The van der Waals surface area contributed by atoms with Gasteiger partial charge in [-0.05, 0) is 57.6 Å². The first kappa shape index (κ1) is 26.9. The van der Waals surface area contributed by atoms with Gasteiger partial charge in [-0.3, -0.25) is 15.1 Å². The minimum Gasteiger partial charge on any atom is -0.444 e. The number of carbonyl (C=O) groups is 1. The number of benzene rings is 1. The second-order valence-electron chi connectivity index (χ2n) is 11.5. The van der Waals surface area contributed by atoms with Crippen molar-refractivity contribution in [2.75, 3.05) is 26.3 Å². The van der Waals surface area contributed by atoms with Crippen molar-refractivity contribution < 1.29 is 14.3 Å². The fraction of sp³-hybridized carbons (Fsp3) is 0.467. The van der Waals surface area contributed by atoms with Crippen LogP contribution in [0.25, 0.3) is 22.0 Å². The largest absolute Gasteiger partial charge is 0.444 e. The van der Waals surface area contributed by atoms with Gasteiger partial charge in [0.2, 0.25) is 0 Å². The fourth-order valence-corrected chi connectivity index (χ4v) is 5.20. The summed E-state index contributed by atoms with van der Waals surface area (Å²) in [5.74, 6) is 0. The Hall–Kier alpha value is -3.72. The van der Waals surface area contributed by atoms with Crippen LogP contribution in [-0.4, -0.2) is 69.4 Å². The number of amides is 1. The molecular weight excluding hydrogens is 492 g/mol.